The molecule has 0 spiro atoms. The van der Waals surface area contributed by atoms with Gasteiger partial charge in [0.2, 0.25) is 11.6 Å². The van der Waals surface area contributed by atoms with Gasteiger partial charge in [0, 0.05) is 17.9 Å². The number of Topliss-reactive ketones (excluding diaryl/α,β-unsaturated/α-hetero) is 1. The lowest BCUT2D eigenvalue weighted by Gasteiger charge is -2.31. The normalized spacial score (nSPS) is 11.7. The molecule has 0 amide bonds. The Morgan fingerprint density at radius 1 is 0.595 bits per heavy atom. The summed E-state index contributed by atoms with van der Waals surface area (Å²) in [6.07, 6.45) is 0. The number of aromatic nitrogens is 3. The number of fused-ring (bicyclic) bond motifs is 3. The van der Waals surface area contributed by atoms with E-state index in [-0.39, 0.29) is 5.78 Å². The Hall–Kier alpha value is -4.92. The van der Waals surface area contributed by atoms with Crippen LogP contribution in [0.5, 0.6) is 0 Å². The van der Waals surface area contributed by atoms with E-state index in [0.29, 0.717) is 11.4 Å². The third kappa shape index (κ3) is 3.91. The summed E-state index contributed by atoms with van der Waals surface area (Å²) in [6.45, 7) is -0.521. The third-order valence-electron chi connectivity index (χ3n) is 8.17. The molecule has 4 nitrogen and oxygen atoms in total. The van der Waals surface area contributed by atoms with E-state index in [1.54, 1.807) is 0 Å². The second kappa shape index (κ2) is 10.5. The minimum Gasteiger partial charge on any atom is -0.313 e. The molecule has 0 fully saturated rings. The molecule has 7 aromatic rings. The van der Waals surface area contributed by atoms with Crippen molar-refractivity contribution in [3.63, 3.8) is 0 Å². The molecule has 2 aromatic heterocycles. The largest absolute Gasteiger partial charge is 0.313 e. The summed E-state index contributed by atoms with van der Waals surface area (Å²) in [6, 6.07) is 49.8. The summed E-state index contributed by atoms with van der Waals surface area (Å²) in [5, 5.41) is 4.26. The van der Waals surface area contributed by atoms with Crippen molar-refractivity contribution in [1.29, 1.82) is 0 Å². The topological polar surface area (TPSA) is 39.3 Å². The molecule has 0 saturated heterocycles. The van der Waals surface area contributed by atoms with Gasteiger partial charge in [0.05, 0.1) is 11.0 Å². The van der Waals surface area contributed by atoms with Crippen molar-refractivity contribution in [3.05, 3.63) is 151 Å². The zero-order valence-electron chi connectivity index (χ0n) is 23.6. The van der Waals surface area contributed by atoms with Crippen LogP contribution in [0.1, 0.15) is 17.4 Å². The highest BCUT2D eigenvalue weighted by Gasteiger charge is 2.34. The fraction of sp³-hybridized carbons (Fsp3) is 0.0541. The zero-order chi connectivity index (χ0) is 28.7. The maximum atomic E-state index is 15.4. The standard InChI is InChI=1S/C37H30N3OP/c1-27(42(29-19-9-4-10-20-29,30-21-11-5-12-22-30)31-23-13-6-14-24-31)36(41)35-34(28-17-7-3-8-18-28)38-37-39(2)32-25-15-16-26-33(32)40(35)37/h3-26H,1-2H3. The number of hydrogen-bond donors (Lipinski definition) is 0. The van der Waals surface area contributed by atoms with Crippen LogP contribution in [0.4, 0.5) is 0 Å². The van der Waals surface area contributed by atoms with Gasteiger partial charge in [-0.2, -0.15) is 0 Å². The number of rotatable bonds is 6. The van der Waals surface area contributed by atoms with Crippen molar-refractivity contribution in [2.45, 2.75) is 6.92 Å². The Balaban J connectivity index is 1.65. The average Bonchev–Trinajstić information content (AvgIpc) is 3.59. The molecule has 2 heterocycles. The van der Waals surface area contributed by atoms with Crippen LogP contribution in [-0.4, -0.2) is 25.0 Å². The van der Waals surface area contributed by atoms with E-state index < -0.39 is 6.89 Å². The number of carbonyl (C=O) groups excluding carboxylic acids is 1. The smallest absolute Gasteiger partial charge is 0.215 e. The van der Waals surface area contributed by atoms with Gasteiger partial charge in [-0.25, -0.2) is 4.98 Å². The maximum Gasteiger partial charge on any atom is 0.215 e. The number of nitrogens with zero attached hydrogens (tertiary/aromatic N) is 3. The van der Waals surface area contributed by atoms with Crippen LogP contribution in [-0.2, 0) is 7.05 Å². The Bertz CT molecular complexity index is 2010. The molecule has 0 atom stereocenters. The van der Waals surface area contributed by atoms with Gasteiger partial charge in [-0.1, -0.05) is 133 Å². The average molecular weight is 564 g/mol. The van der Waals surface area contributed by atoms with Crippen LogP contribution in [0, 0.1) is 0 Å². The summed E-state index contributed by atoms with van der Waals surface area (Å²) < 4.78 is 4.13. The van der Waals surface area contributed by atoms with Gasteiger partial charge < -0.3 is 4.57 Å². The van der Waals surface area contributed by atoms with E-state index in [2.05, 4.69) is 93.9 Å². The molecule has 204 valence electrons. The predicted octanol–water partition coefficient (Wildman–Crippen LogP) is 6.86. The van der Waals surface area contributed by atoms with E-state index in [0.717, 1.165) is 43.6 Å². The van der Waals surface area contributed by atoms with Gasteiger partial charge in [-0.15, -0.1) is 0 Å². The maximum absolute atomic E-state index is 15.4. The van der Waals surface area contributed by atoms with Crippen molar-refractivity contribution in [3.8, 4) is 11.3 Å². The molecule has 5 aromatic carbocycles. The molecule has 0 bridgehead atoms. The van der Waals surface area contributed by atoms with Gasteiger partial charge in [0.1, 0.15) is 11.4 Å². The molecule has 7 rings (SSSR count). The molecular formula is C37H30N3OP. The minimum atomic E-state index is -2.57. The van der Waals surface area contributed by atoms with Crippen molar-refractivity contribution in [1.82, 2.24) is 14.0 Å². The van der Waals surface area contributed by atoms with E-state index in [4.69, 9.17) is 4.98 Å². The highest BCUT2D eigenvalue weighted by atomic mass is 31.2. The molecular weight excluding hydrogens is 533 g/mol. The quantitative estimate of drug-likeness (QED) is 0.164. The molecule has 0 aliphatic rings. The second-order valence-corrected chi connectivity index (χ2v) is 14.0. The van der Waals surface area contributed by atoms with Gasteiger partial charge in [-0.05, 0) is 41.9 Å². The van der Waals surface area contributed by atoms with Crippen LogP contribution >= 0.6 is 6.89 Å². The first kappa shape index (κ1) is 26.0. The lowest BCUT2D eigenvalue weighted by Crippen LogP contribution is -2.32. The van der Waals surface area contributed by atoms with Crippen molar-refractivity contribution in [2.24, 2.45) is 7.05 Å². The summed E-state index contributed by atoms with van der Waals surface area (Å²) in [7, 11) is 2.01. The third-order valence-corrected chi connectivity index (χ3v) is 12.6. The molecule has 0 radical (unpaired) electrons. The Morgan fingerprint density at radius 2 is 1.02 bits per heavy atom. The van der Waals surface area contributed by atoms with Gasteiger partial charge in [-0.3, -0.25) is 9.20 Å². The molecule has 0 saturated carbocycles. The van der Waals surface area contributed by atoms with E-state index >= 15 is 4.79 Å². The van der Waals surface area contributed by atoms with Crippen molar-refractivity contribution >= 4 is 50.7 Å². The van der Waals surface area contributed by atoms with Crippen LogP contribution in [0.3, 0.4) is 0 Å². The Morgan fingerprint density at radius 3 is 1.52 bits per heavy atom. The van der Waals surface area contributed by atoms with Crippen molar-refractivity contribution in [2.75, 3.05) is 0 Å². The first-order chi connectivity index (χ1) is 20.6. The highest BCUT2D eigenvalue weighted by Crippen LogP contribution is 2.47. The summed E-state index contributed by atoms with van der Waals surface area (Å²) >= 11 is 0. The number of aryl methyl sites for hydroxylation is 1. The SMILES string of the molecule is CC(C(=O)c1c(-c2ccccc2)nc2n(C)c3ccccc3n12)=P(c1ccccc1)(c1ccccc1)c1ccccc1. The molecule has 42 heavy (non-hydrogen) atoms. The summed E-state index contributed by atoms with van der Waals surface area (Å²) in [4.78, 5) is 20.5. The molecule has 5 heteroatoms. The molecule has 0 unspecified atom stereocenters. The second-order valence-electron chi connectivity index (χ2n) is 10.5. The van der Waals surface area contributed by atoms with E-state index in [1.165, 1.54) is 0 Å². The summed E-state index contributed by atoms with van der Waals surface area (Å²) in [5.74, 6) is 0.747. The first-order valence-electron chi connectivity index (χ1n) is 14.1. The molecule has 0 aliphatic carbocycles. The number of para-hydroxylation sites is 2. The zero-order valence-corrected chi connectivity index (χ0v) is 24.4. The predicted molar refractivity (Wildman–Crippen MR) is 177 cm³/mol. The van der Waals surface area contributed by atoms with Crippen LogP contribution in [0.25, 0.3) is 28.1 Å². The van der Waals surface area contributed by atoms with Crippen molar-refractivity contribution < 1.29 is 4.79 Å². The monoisotopic (exact) mass is 563 g/mol. The van der Waals surface area contributed by atoms with Gasteiger partial charge in [0.15, 0.2) is 0 Å². The fourth-order valence-electron chi connectivity index (χ4n) is 6.22. The van der Waals surface area contributed by atoms with Gasteiger partial charge >= 0.3 is 0 Å². The number of benzene rings is 5. The Kier molecular flexibility index (Phi) is 6.49. The number of imidazole rings is 2. The Labute approximate surface area is 245 Å². The van der Waals surface area contributed by atoms with Gasteiger partial charge in [0.25, 0.3) is 0 Å². The minimum absolute atomic E-state index is 0.00241. The number of ketones is 1. The number of carbonyl (C=O) groups is 1. The van der Waals surface area contributed by atoms with E-state index in [9.17, 15) is 0 Å². The summed E-state index contributed by atoms with van der Waals surface area (Å²) in [5.41, 5.74) is 4.20. The molecule has 0 N–H and O–H groups in total. The number of hydrogen-bond acceptors (Lipinski definition) is 2. The van der Waals surface area contributed by atoms with Crippen LogP contribution in [0.15, 0.2) is 146 Å². The van der Waals surface area contributed by atoms with E-state index in [1.807, 2.05) is 74.6 Å². The fourth-order valence-corrected chi connectivity index (χ4v) is 10.5. The highest BCUT2D eigenvalue weighted by molar-refractivity contribution is 7.96. The lowest BCUT2D eigenvalue weighted by atomic mass is 10.1. The van der Waals surface area contributed by atoms with Crippen LogP contribution in [0.2, 0.25) is 0 Å². The lowest BCUT2D eigenvalue weighted by molar-refractivity contribution is 0.106. The first-order valence-corrected chi connectivity index (χ1v) is 15.9. The molecule has 0 aliphatic heterocycles. The van der Waals surface area contributed by atoms with Crippen LogP contribution < -0.4 is 15.9 Å².